The first-order valence-electron chi connectivity index (χ1n) is 5.76. The first-order chi connectivity index (χ1) is 7.16. The summed E-state index contributed by atoms with van der Waals surface area (Å²) in [7, 11) is -2.86. The minimum Gasteiger partial charge on any atom is -0.389 e. The van der Waals surface area contributed by atoms with Gasteiger partial charge in [-0.25, -0.2) is 0 Å². The first kappa shape index (κ1) is 15.1. The summed E-state index contributed by atoms with van der Waals surface area (Å²) in [6, 6.07) is 0. The highest BCUT2D eigenvalue weighted by atomic mass is 28.4. The van der Waals surface area contributed by atoms with Crippen molar-refractivity contribution in [2.75, 3.05) is 19.8 Å². The minimum atomic E-state index is -2.86. The first-order valence-corrected chi connectivity index (χ1v) is 7.56. The van der Waals surface area contributed by atoms with Gasteiger partial charge in [-0.2, -0.15) is 0 Å². The van der Waals surface area contributed by atoms with Gasteiger partial charge in [0.1, 0.15) is 5.73 Å². The molecule has 4 nitrogen and oxygen atoms in total. The molecule has 0 amide bonds. The molecule has 0 aliphatic heterocycles. The van der Waals surface area contributed by atoms with Crippen LogP contribution in [0.2, 0.25) is 0 Å². The van der Waals surface area contributed by atoms with Crippen LogP contribution in [0.5, 0.6) is 0 Å². The van der Waals surface area contributed by atoms with Gasteiger partial charge in [0.25, 0.3) is 0 Å². The lowest BCUT2D eigenvalue weighted by atomic mass is 10.4. The zero-order valence-electron chi connectivity index (χ0n) is 10.3. The summed E-state index contributed by atoms with van der Waals surface area (Å²) in [6.07, 6.45) is 1.55. The minimum absolute atomic E-state index is 0.507. The van der Waals surface area contributed by atoms with E-state index in [9.17, 15) is 5.11 Å². The van der Waals surface area contributed by atoms with Gasteiger partial charge in [-0.1, -0.05) is 13.3 Å². The van der Waals surface area contributed by atoms with E-state index in [1.807, 2.05) is 27.7 Å². The van der Waals surface area contributed by atoms with E-state index < -0.39 is 14.5 Å². The maximum absolute atomic E-state index is 10.0. The van der Waals surface area contributed by atoms with Gasteiger partial charge < -0.3 is 18.4 Å². The molecule has 0 saturated heterocycles. The Morgan fingerprint density at radius 3 is 1.60 bits per heavy atom. The van der Waals surface area contributed by atoms with Crippen LogP contribution in [0.3, 0.4) is 0 Å². The van der Waals surface area contributed by atoms with Crippen molar-refractivity contribution in [1.82, 2.24) is 0 Å². The van der Waals surface area contributed by atoms with Crippen molar-refractivity contribution in [2.45, 2.75) is 46.3 Å². The quantitative estimate of drug-likeness (QED) is 0.619. The molecule has 0 aliphatic carbocycles. The Labute approximate surface area is 93.9 Å². The molecule has 1 atom stereocenters. The van der Waals surface area contributed by atoms with E-state index in [0.717, 1.165) is 6.42 Å². The Balaban J connectivity index is 4.57. The van der Waals surface area contributed by atoms with Gasteiger partial charge in [0.15, 0.2) is 0 Å². The average molecular weight is 236 g/mol. The molecule has 0 aromatic rings. The summed E-state index contributed by atoms with van der Waals surface area (Å²) in [5, 5.41) is 10.0. The fourth-order valence-electron chi connectivity index (χ4n) is 1.47. The van der Waals surface area contributed by atoms with Gasteiger partial charge in [-0.15, -0.1) is 0 Å². The zero-order chi connectivity index (χ0) is 11.7. The molecule has 92 valence electrons. The second-order valence-electron chi connectivity index (χ2n) is 3.21. The van der Waals surface area contributed by atoms with Crippen molar-refractivity contribution in [3.8, 4) is 0 Å². The lowest BCUT2D eigenvalue weighted by Gasteiger charge is -2.32. The van der Waals surface area contributed by atoms with Crippen molar-refractivity contribution >= 4 is 8.80 Å². The molecule has 5 heteroatoms. The predicted octanol–water partition coefficient (Wildman–Crippen LogP) is 1.73. The maximum atomic E-state index is 10.0. The van der Waals surface area contributed by atoms with Gasteiger partial charge in [-0.3, -0.25) is 0 Å². The SMILES string of the molecule is CCCC(O)[Si](OCC)(OCC)OCC. The lowest BCUT2D eigenvalue weighted by molar-refractivity contribution is 0.0197. The lowest BCUT2D eigenvalue weighted by Crippen LogP contribution is -2.56. The van der Waals surface area contributed by atoms with Crippen molar-refractivity contribution < 1.29 is 18.4 Å². The summed E-state index contributed by atoms with van der Waals surface area (Å²) in [5.41, 5.74) is -0.609. The van der Waals surface area contributed by atoms with Crippen molar-refractivity contribution in [3.05, 3.63) is 0 Å². The number of hydrogen-bond donors (Lipinski definition) is 1. The number of aliphatic hydroxyl groups excluding tert-OH is 1. The molecule has 0 rings (SSSR count). The smallest absolute Gasteiger partial charge is 0.389 e. The molecule has 0 aliphatic rings. The second kappa shape index (κ2) is 8.24. The van der Waals surface area contributed by atoms with E-state index in [2.05, 4.69) is 0 Å². The third-order valence-electron chi connectivity index (χ3n) is 2.01. The van der Waals surface area contributed by atoms with Crippen molar-refractivity contribution in [1.29, 1.82) is 0 Å². The molecule has 0 saturated carbocycles. The highest BCUT2D eigenvalue weighted by molar-refractivity contribution is 6.62. The van der Waals surface area contributed by atoms with Crippen LogP contribution in [0.15, 0.2) is 0 Å². The van der Waals surface area contributed by atoms with E-state index in [4.69, 9.17) is 13.3 Å². The number of hydrogen-bond acceptors (Lipinski definition) is 4. The van der Waals surface area contributed by atoms with Crippen LogP contribution < -0.4 is 0 Å². The van der Waals surface area contributed by atoms with E-state index in [-0.39, 0.29) is 0 Å². The molecule has 0 heterocycles. The third kappa shape index (κ3) is 4.61. The van der Waals surface area contributed by atoms with Crippen molar-refractivity contribution in [3.63, 3.8) is 0 Å². The Hall–Kier alpha value is 0.0569. The van der Waals surface area contributed by atoms with E-state index >= 15 is 0 Å². The van der Waals surface area contributed by atoms with Crippen molar-refractivity contribution in [2.24, 2.45) is 0 Å². The molecule has 1 N–H and O–H groups in total. The number of aliphatic hydroxyl groups is 1. The normalized spacial score (nSPS) is 14.2. The summed E-state index contributed by atoms with van der Waals surface area (Å²) >= 11 is 0. The molecule has 0 spiro atoms. The van der Waals surface area contributed by atoms with Crippen LogP contribution in [-0.2, 0) is 13.3 Å². The molecular weight excluding hydrogens is 212 g/mol. The van der Waals surface area contributed by atoms with Crippen LogP contribution in [0.1, 0.15) is 40.5 Å². The molecular formula is C10H24O4Si. The topological polar surface area (TPSA) is 47.9 Å². The highest BCUT2D eigenvalue weighted by Gasteiger charge is 2.48. The molecule has 0 fully saturated rings. The van der Waals surface area contributed by atoms with E-state index in [1.165, 1.54) is 0 Å². The van der Waals surface area contributed by atoms with E-state index in [1.54, 1.807) is 0 Å². The van der Waals surface area contributed by atoms with Gasteiger partial charge in [0.2, 0.25) is 0 Å². The number of rotatable bonds is 9. The van der Waals surface area contributed by atoms with Crippen LogP contribution in [-0.4, -0.2) is 39.5 Å². The molecule has 1 unspecified atom stereocenters. The standard InChI is InChI=1S/C10H24O4Si/c1-5-9-10(11)15(12-6-2,13-7-3)14-8-4/h10-11H,5-9H2,1-4H3. The van der Waals surface area contributed by atoms with Crippen LogP contribution in [0.25, 0.3) is 0 Å². The molecule has 15 heavy (non-hydrogen) atoms. The second-order valence-corrected chi connectivity index (χ2v) is 5.95. The Bertz CT molecular complexity index is 137. The summed E-state index contributed by atoms with van der Waals surface area (Å²) < 4.78 is 16.7. The summed E-state index contributed by atoms with van der Waals surface area (Å²) in [6.45, 7) is 9.20. The largest absolute Gasteiger partial charge is 0.531 e. The molecule has 0 aromatic heterocycles. The van der Waals surface area contributed by atoms with Gasteiger partial charge in [0, 0.05) is 19.8 Å². The molecule has 0 aromatic carbocycles. The van der Waals surface area contributed by atoms with Gasteiger partial charge >= 0.3 is 8.80 Å². The van der Waals surface area contributed by atoms with Crippen LogP contribution >= 0.6 is 0 Å². The zero-order valence-corrected chi connectivity index (χ0v) is 11.3. The maximum Gasteiger partial charge on any atom is 0.531 e. The summed E-state index contributed by atoms with van der Waals surface area (Å²) in [4.78, 5) is 0. The third-order valence-corrected chi connectivity index (χ3v) is 5.18. The summed E-state index contributed by atoms with van der Waals surface area (Å²) in [5.74, 6) is 0. The highest BCUT2D eigenvalue weighted by Crippen LogP contribution is 2.18. The Morgan fingerprint density at radius 2 is 1.33 bits per heavy atom. The fourth-order valence-corrected chi connectivity index (χ4v) is 4.14. The fraction of sp³-hybridized carbons (Fsp3) is 1.00. The Kier molecular flexibility index (Phi) is 8.27. The molecule has 0 radical (unpaired) electrons. The Morgan fingerprint density at radius 1 is 0.933 bits per heavy atom. The van der Waals surface area contributed by atoms with Crippen LogP contribution in [0, 0.1) is 0 Å². The van der Waals surface area contributed by atoms with Gasteiger partial charge in [0.05, 0.1) is 0 Å². The van der Waals surface area contributed by atoms with Crippen LogP contribution in [0.4, 0.5) is 0 Å². The molecule has 0 bridgehead atoms. The average Bonchev–Trinajstić information content (AvgIpc) is 2.19. The predicted molar refractivity (Wildman–Crippen MR) is 61.5 cm³/mol. The van der Waals surface area contributed by atoms with Gasteiger partial charge in [-0.05, 0) is 27.2 Å². The van der Waals surface area contributed by atoms with E-state index in [0.29, 0.717) is 26.2 Å². The monoisotopic (exact) mass is 236 g/mol.